The van der Waals surface area contributed by atoms with Crippen LogP contribution in [0.25, 0.3) is 0 Å². The van der Waals surface area contributed by atoms with Gasteiger partial charge in [-0.05, 0) is 56.1 Å². The molecule has 0 atom stereocenters. The monoisotopic (exact) mass is 266 g/mol. The van der Waals surface area contributed by atoms with Gasteiger partial charge in [0.05, 0.1) is 11.9 Å². The van der Waals surface area contributed by atoms with Crippen LogP contribution < -0.4 is 5.32 Å². The second-order valence-electron chi connectivity index (χ2n) is 5.83. The minimum absolute atomic E-state index is 0.599. The lowest BCUT2D eigenvalue weighted by Crippen LogP contribution is -2.27. The molecular formula is C15H23ClN2. The van der Waals surface area contributed by atoms with Crippen LogP contribution in [0.4, 0.5) is 5.69 Å². The zero-order valence-corrected chi connectivity index (χ0v) is 12.3. The summed E-state index contributed by atoms with van der Waals surface area (Å²) in [6.45, 7) is 6.67. The van der Waals surface area contributed by atoms with Gasteiger partial charge >= 0.3 is 0 Å². The number of rotatable bonds is 3. The Hall–Kier alpha value is -0.760. The molecule has 2 nitrogen and oxygen atoms in total. The first-order valence-electron chi connectivity index (χ1n) is 6.95. The van der Waals surface area contributed by atoms with Crippen molar-refractivity contribution in [2.24, 2.45) is 11.8 Å². The summed E-state index contributed by atoms with van der Waals surface area (Å²) in [4.78, 5) is 4.19. The van der Waals surface area contributed by atoms with Gasteiger partial charge in [0, 0.05) is 6.04 Å². The van der Waals surface area contributed by atoms with E-state index in [9.17, 15) is 0 Å². The maximum absolute atomic E-state index is 5.94. The fourth-order valence-corrected chi connectivity index (χ4v) is 2.91. The third-order valence-corrected chi connectivity index (χ3v) is 4.50. The SMILES string of the molecule is Cc1cc(NC2CCC(C(C)C)CC2)cnc1Cl. The first kappa shape index (κ1) is 13.7. The van der Waals surface area contributed by atoms with Gasteiger partial charge in [0.15, 0.2) is 0 Å². The van der Waals surface area contributed by atoms with Crippen molar-refractivity contribution < 1.29 is 0 Å². The molecule has 1 aliphatic rings. The molecule has 1 heterocycles. The summed E-state index contributed by atoms with van der Waals surface area (Å²) in [5.74, 6) is 1.73. The Bertz CT molecular complexity index is 395. The number of pyridine rings is 1. The molecule has 0 saturated heterocycles. The number of hydrogen-bond donors (Lipinski definition) is 1. The molecule has 1 aromatic rings. The van der Waals surface area contributed by atoms with Crippen LogP contribution in [0.1, 0.15) is 45.1 Å². The Balaban J connectivity index is 1.89. The number of anilines is 1. The van der Waals surface area contributed by atoms with Crippen LogP contribution in [0.3, 0.4) is 0 Å². The van der Waals surface area contributed by atoms with E-state index in [1.807, 2.05) is 13.1 Å². The smallest absolute Gasteiger partial charge is 0.132 e. The van der Waals surface area contributed by atoms with E-state index in [1.54, 1.807) is 0 Å². The molecule has 0 radical (unpaired) electrons. The van der Waals surface area contributed by atoms with Gasteiger partial charge in [-0.15, -0.1) is 0 Å². The molecule has 1 saturated carbocycles. The fourth-order valence-electron chi connectivity index (χ4n) is 2.80. The number of aromatic nitrogens is 1. The maximum Gasteiger partial charge on any atom is 0.132 e. The highest BCUT2D eigenvalue weighted by molar-refractivity contribution is 6.30. The van der Waals surface area contributed by atoms with Gasteiger partial charge < -0.3 is 5.32 Å². The molecule has 18 heavy (non-hydrogen) atoms. The predicted molar refractivity (Wildman–Crippen MR) is 78.2 cm³/mol. The minimum Gasteiger partial charge on any atom is -0.381 e. The average Bonchev–Trinajstić information content (AvgIpc) is 2.34. The van der Waals surface area contributed by atoms with Gasteiger partial charge in [-0.1, -0.05) is 25.4 Å². The quantitative estimate of drug-likeness (QED) is 0.804. The molecular weight excluding hydrogens is 244 g/mol. The third kappa shape index (κ3) is 3.38. The molecule has 1 aliphatic carbocycles. The van der Waals surface area contributed by atoms with Gasteiger partial charge in [0.25, 0.3) is 0 Å². The Morgan fingerprint density at radius 3 is 2.50 bits per heavy atom. The molecule has 2 rings (SSSR count). The normalized spacial score (nSPS) is 24.3. The Kier molecular flexibility index (Phi) is 4.50. The first-order chi connectivity index (χ1) is 8.56. The topological polar surface area (TPSA) is 24.9 Å². The van der Waals surface area contributed by atoms with E-state index in [-0.39, 0.29) is 0 Å². The lowest BCUT2D eigenvalue weighted by Gasteiger charge is -2.31. The number of hydrogen-bond acceptors (Lipinski definition) is 2. The zero-order chi connectivity index (χ0) is 13.1. The average molecular weight is 267 g/mol. The zero-order valence-electron chi connectivity index (χ0n) is 11.5. The van der Waals surface area contributed by atoms with E-state index < -0.39 is 0 Å². The molecule has 1 N–H and O–H groups in total. The number of aryl methyl sites for hydroxylation is 1. The van der Waals surface area contributed by atoms with E-state index in [4.69, 9.17) is 11.6 Å². The summed E-state index contributed by atoms with van der Waals surface area (Å²) in [7, 11) is 0. The number of nitrogens with zero attached hydrogens (tertiary/aromatic N) is 1. The van der Waals surface area contributed by atoms with E-state index >= 15 is 0 Å². The molecule has 0 unspecified atom stereocenters. The van der Waals surface area contributed by atoms with Crippen molar-refractivity contribution >= 4 is 17.3 Å². The summed E-state index contributed by atoms with van der Waals surface area (Å²) in [6.07, 6.45) is 7.06. The van der Waals surface area contributed by atoms with Crippen LogP contribution in [-0.4, -0.2) is 11.0 Å². The number of nitrogens with one attached hydrogen (secondary N) is 1. The van der Waals surface area contributed by atoms with Crippen molar-refractivity contribution in [3.8, 4) is 0 Å². The molecule has 1 fully saturated rings. The largest absolute Gasteiger partial charge is 0.381 e. The summed E-state index contributed by atoms with van der Waals surface area (Å²) in [5, 5.41) is 4.19. The second kappa shape index (κ2) is 5.92. The highest BCUT2D eigenvalue weighted by atomic mass is 35.5. The molecule has 0 bridgehead atoms. The lowest BCUT2D eigenvalue weighted by atomic mass is 9.79. The van der Waals surface area contributed by atoms with Crippen LogP contribution in [0, 0.1) is 18.8 Å². The fraction of sp³-hybridized carbons (Fsp3) is 0.667. The van der Waals surface area contributed by atoms with E-state index in [0.717, 1.165) is 23.1 Å². The summed E-state index contributed by atoms with van der Waals surface area (Å²) >= 11 is 5.94. The van der Waals surface area contributed by atoms with Crippen LogP contribution in [0.5, 0.6) is 0 Å². The van der Waals surface area contributed by atoms with Gasteiger partial charge in [-0.2, -0.15) is 0 Å². The van der Waals surface area contributed by atoms with Crippen LogP contribution >= 0.6 is 11.6 Å². The molecule has 0 amide bonds. The maximum atomic E-state index is 5.94. The Morgan fingerprint density at radius 1 is 1.28 bits per heavy atom. The van der Waals surface area contributed by atoms with E-state index in [1.165, 1.54) is 25.7 Å². The van der Waals surface area contributed by atoms with Crippen LogP contribution in [0.2, 0.25) is 5.15 Å². The van der Waals surface area contributed by atoms with Gasteiger partial charge in [0.2, 0.25) is 0 Å². The highest BCUT2D eigenvalue weighted by Crippen LogP contribution is 2.31. The van der Waals surface area contributed by atoms with Crippen molar-refractivity contribution in [3.63, 3.8) is 0 Å². The second-order valence-corrected chi connectivity index (χ2v) is 6.19. The van der Waals surface area contributed by atoms with Crippen LogP contribution in [0.15, 0.2) is 12.3 Å². The number of halogens is 1. The molecule has 100 valence electrons. The van der Waals surface area contributed by atoms with E-state index in [2.05, 4.69) is 30.2 Å². The first-order valence-corrected chi connectivity index (χ1v) is 7.32. The molecule has 0 aliphatic heterocycles. The summed E-state index contributed by atoms with van der Waals surface area (Å²) in [5.41, 5.74) is 2.14. The standard InChI is InChI=1S/C15H23ClN2/c1-10(2)12-4-6-13(7-5-12)18-14-8-11(3)15(16)17-9-14/h8-10,12-13,18H,4-7H2,1-3H3. The van der Waals surface area contributed by atoms with Crippen molar-refractivity contribution in [2.45, 2.75) is 52.5 Å². The minimum atomic E-state index is 0.599. The van der Waals surface area contributed by atoms with Gasteiger partial charge in [-0.25, -0.2) is 4.98 Å². The van der Waals surface area contributed by atoms with Crippen molar-refractivity contribution in [1.82, 2.24) is 4.98 Å². The van der Waals surface area contributed by atoms with Crippen molar-refractivity contribution in [1.29, 1.82) is 0 Å². The molecule has 3 heteroatoms. The summed E-state index contributed by atoms with van der Waals surface area (Å²) < 4.78 is 0. The van der Waals surface area contributed by atoms with Gasteiger partial charge in [-0.3, -0.25) is 0 Å². The predicted octanol–water partition coefficient (Wildman–Crippen LogP) is 4.67. The Labute approximate surface area is 115 Å². The van der Waals surface area contributed by atoms with Crippen molar-refractivity contribution in [2.75, 3.05) is 5.32 Å². The highest BCUT2D eigenvalue weighted by Gasteiger charge is 2.23. The van der Waals surface area contributed by atoms with Crippen LogP contribution in [-0.2, 0) is 0 Å². The summed E-state index contributed by atoms with van der Waals surface area (Å²) in [6, 6.07) is 2.69. The molecule has 1 aromatic heterocycles. The Morgan fingerprint density at radius 2 is 1.94 bits per heavy atom. The molecule has 0 aromatic carbocycles. The van der Waals surface area contributed by atoms with E-state index in [0.29, 0.717) is 11.2 Å². The van der Waals surface area contributed by atoms with Gasteiger partial charge in [0.1, 0.15) is 5.15 Å². The lowest BCUT2D eigenvalue weighted by molar-refractivity contribution is 0.267. The third-order valence-electron chi connectivity index (χ3n) is 4.10. The molecule has 0 spiro atoms. The van der Waals surface area contributed by atoms with Crippen molar-refractivity contribution in [3.05, 3.63) is 23.0 Å².